The van der Waals surface area contributed by atoms with E-state index in [1.165, 1.54) is 11.8 Å². The molecule has 0 aliphatic carbocycles. The van der Waals surface area contributed by atoms with Gasteiger partial charge in [0, 0.05) is 21.4 Å². The predicted molar refractivity (Wildman–Crippen MR) is 105 cm³/mol. The Kier molecular flexibility index (Phi) is 6.72. The Balaban J connectivity index is 2.05. The molecule has 0 saturated carbocycles. The fraction of sp³-hybridized carbons (Fsp3) is 0.389. The van der Waals surface area contributed by atoms with Crippen molar-refractivity contribution in [1.82, 2.24) is 15.3 Å². The van der Waals surface area contributed by atoms with E-state index >= 15 is 0 Å². The smallest absolute Gasteiger partial charge is 0.233 e. The molecule has 134 valence electrons. The summed E-state index contributed by atoms with van der Waals surface area (Å²) in [5, 5.41) is 4.37. The number of nitrogens with zero attached hydrogens (tertiary/aromatic N) is 2. The van der Waals surface area contributed by atoms with Gasteiger partial charge in [-0.3, -0.25) is 4.79 Å². The Bertz CT molecular complexity index is 775. The molecule has 4 nitrogen and oxygen atoms in total. The first-order valence-corrected chi connectivity index (χ1v) is 9.56. The van der Waals surface area contributed by atoms with E-state index in [4.69, 9.17) is 23.2 Å². The van der Waals surface area contributed by atoms with Crippen LogP contribution in [0.5, 0.6) is 0 Å². The zero-order valence-electron chi connectivity index (χ0n) is 14.9. The summed E-state index contributed by atoms with van der Waals surface area (Å²) in [4.78, 5) is 21.4. The van der Waals surface area contributed by atoms with Crippen LogP contribution in [0.3, 0.4) is 0 Å². The molecular formula is C18H21Cl2N3OS. The molecule has 0 radical (unpaired) electrons. The molecule has 0 unspecified atom stereocenters. The first kappa shape index (κ1) is 20.0. The number of hydrogen-bond acceptors (Lipinski definition) is 4. The summed E-state index contributed by atoms with van der Waals surface area (Å²) in [6, 6.07) is 5.03. The van der Waals surface area contributed by atoms with Gasteiger partial charge in [0.2, 0.25) is 5.91 Å². The van der Waals surface area contributed by atoms with Crippen molar-refractivity contribution in [2.45, 2.75) is 51.1 Å². The lowest BCUT2D eigenvalue weighted by Gasteiger charge is -2.18. The molecule has 0 spiro atoms. The number of thioether (sulfide) groups is 1. The minimum absolute atomic E-state index is 0.0944. The van der Waals surface area contributed by atoms with E-state index in [-0.39, 0.29) is 17.2 Å². The summed E-state index contributed by atoms with van der Waals surface area (Å²) in [5.41, 5.74) is 3.77. The van der Waals surface area contributed by atoms with Crippen LogP contribution in [0.4, 0.5) is 0 Å². The number of carbonyl (C=O) groups is 1. The van der Waals surface area contributed by atoms with Crippen LogP contribution in [-0.2, 0) is 4.79 Å². The standard InChI is InChI=1S/C18H21Cl2N3OS/c1-9-10(2)22-18(23-11(9)3)25-13(5)17(24)21-12(4)15-7-6-14(19)8-16(15)20/h6-8,12-13H,1-5H3,(H,21,24)/t12-,13-/m0/s1. The molecule has 0 aliphatic heterocycles. The van der Waals surface area contributed by atoms with Crippen molar-refractivity contribution in [3.63, 3.8) is 0 Å². The molecule has 1 amide bonds. The summed E-state index contributed by atoms with van der Waals surface area (Å²) >= 11 is 13.5. The van der Waals surface area contributed by atoms with Crippen LogP contribution < -0.4 is 5.32 Å². The van der Waals surface area contributed by atoms with Gasteiger partial charge in [0.25, 0.3) is 0 Å². The second-order valence-electron chi connectivity index (χ2n) is 5.96. The normalized spacial score (nSPS) is 13.4. The van der Waals surface area contributed by atoms with Gasteiger partial charge in [0.1, 0.15) is 0 Å². The topological polar surface area (TPSA) is 54.9 Å². The second kappa shape index (κ2) is 8.39. The number of nitrogens with one attached hydrogen (secondary N) is 1. The maximum absolute atomic E-state index is 12.5. The summed E-state index contributed by atoms with van der Waals surface area (Å²) in [5.74, 6) is -0.0944. The first-order chi connectivity index (χ1) is 11.7. The van der Waals surface area contributed by atoms with E-state index in [0.29, 0.717) is 15.2 Å². The van der Waals surface area contributed by atoms with Gasteiger partial charge in [-0.15, -0.1) is 0 Å². The molecule has 0 bridgehead atoms. The maximum atomic E-state index is 12.5. The lowest BCUT2D eigenvalue weighted by atomic mass is 10.1. The number of benzene rings is 1. The fourth-order valence-electron chi connectivity index (χ4n) is 2.27. The molecule has 1 aromatic heterocycles. The van der Waals surface area contributed by atoms with Gasteiger partial charge in [-0.2, -0.15) is 0 Å². The molecule has 1 N–H and O–H groups in total. The van der Waals surface area contributed by atoms with Gasteiger partial charge in [-0.05, 0) is 57.9 Å². The van der Waals surface area contributed by atoms with Gasteiger partial charge in [-0.1, -0.05) is 41.0 Å². The Labute approximate surface area is 162 Å². The Morgan fingerprint density at radius 3 is 2.28 bits per heavy atom. The fourth-order valence-corrected chi connectivity index (χ4v) is 3.71. The van der Waals surface area contributed by atoms with Crippen LogP contribution in [0.2, 0.25) is 10.0 Å². The van der Waals surface area contributed by atoms with Crippen molar-refractivity contribution >= 4 is 40.9 Å². The van der Waals surface area contributed by atoms with Crippen LogP contribution in [0, 0.1) is 20.8 Å². The lowest BCUT2D eigenvalue weighted by Crippen LogP contribution is -2.33. The van der Waals surface area contributed by atoms with Crippen molar-refractivity contribution in [3.05, 3.63) is 50.8 Å². The molecule has 25 heavy (non-hydrogen) atoms. The third-order valence-corrected chi connectivity index (χ3v) is 5.57. The van der Waals surface area contributed by atoms with Crippen LogP contribution >= 0.6 is 35.0 Å². The Morgan fingerprint density at radius 1 is 1.12 bits per heavy atom. The molecule has 0 aliphatic rings. The molecule has 1 heterocycles. The Morgan fingerprint density at radius 2 is 1.72 bits per heavy atom. The summed E-state index contributed by atoms with van der Waals surface area (Å²) in [6.07, 6.45) is 0. The van der Waals surface area contributed by atoms with E-state index in [2.05, 4.69) is 15.3 Å². The highest BCUT2D eigenvalue weighted by molar-refractivity contribution is 8.00. The zero-order valence-corrected chi connectivity index (χ0v) is 17.2. The number of carbonyl (C=O) groups excluding carboxylic acids is 1. The number of rotatable bonds is 5. The van der Waals surface area contributed by atoms with Crippen LogP contribution in [0.15, 0.2) is 23.4 Å². The SMILES string of the molecule is Cc1nc(S[C@@H](C)C(=O)N[C@@H](C)c2ccc(Cl)cc2Cl)nc(C)c1C. The summed E-state index contributed by atoms with van der Waals surface area (Å²) in [6.45, 7) is 9.62. The number of aryl methyl sites for hydroxylation is 2. The lowest BCUT2D eigenvalue weighted by molar-refractivity contribution is -0.120. The molecule has 2 aromatic rings. The highest BCUT2D eigenvalue weighted by Gasteiger charge is 2.20. The van der Waals surface area contributed by atoms with Gasteiger partial charge in [-0.25, -0.2) is 9.97 Å². The quantitative estimate of drug-likeness (QED) is 0.565. The molecule has 7 heteroatoms. The third kappa shape index (κ3) is 5.09. The highest BCUT2D eigenvalue weighted by Crippen LogP contribution is 2.27. The first-order valence-electron chi connectivity index (χ1n) is 7.93. The van der Waals surface area contributed by atoms with Crippen LogP contribution in [0.1, 0.15) is 42.4 Å². The zero-order chi connectivity index (χ0) is 18.7. The monoisotopic (exact) mass is 397 g/mol. The van der Waals surface area contributed by atoms with Gasteiger partial charge in [0.05, 0.1) is 11.3 Å². The van der Waals surface area contributed by atoms with Gasteiger partial charge in [0.15, 0.2) is 5.16 Å². The van der Waals surface area contributed by atoms with E-state index in [9.17, 15) is 4.79 Å². The molecule has 0 fully saturated rings. The molecule has 1 aromatic carbocycles. The molecule has 2 atom stereocenters. The average Bonchev–Trinajstić information content (AvgIpc) is 2.52. The minimum atomic E-state index is -0.324. The van der Waals surface area contributed by atoms with Crippen LogP contribution in [-0.4, -0.2) is 21.1 Å². The number of amides is 1. The van der Waals surface area contributed by atoms with Crippen LogP contribution in [0.25, 0.3) is 0 Å². The van der Waals surface area contributed by atoms with Crippen molar-refractivity contribution in [2.24, 2.45) is 0 Å². The Hall–Kier alpha value is -1.30. The second-order valence-corrected chi connectivity index (χ2v) is 8.11. The molecular weight excluding hydrogens is 377 g/mol. The molecule has 0 saturated heterocycles. The van der Waals surface area contributed by atoms with Crippen molar-refractivity contribution in [3.8, 4) is 0 Å². The minimum Gasteiger partial charge on any atom is -0.349 e. The third-order valence-electron chi connectivity index (χ3n) is 4.05. The van der Waals surface area contributed by atoms with E-state index in [1.54, 1.807) is 12.1 Å². The number of hydrogen-bond donors (Lipinski definition) is 1. The van der Waals surface area contributed by atoms with Gasteiger partial charge >= 0.3 is 0 Å². The highest BCUT2D eigenvalue weighted by atomic mass is 35.5. The predicted octanol–water partition coefficient (Wildman–Crippen LogP) is 5.07. The number of halogens is 2. The van der Waals surface area contributed by atoms with E-state index in [0.717, 1.165) is 22.5 Å². The summed E-state index contributed by atoms with van der Waals surface area (Å²) in [7, 11) is 0. The summed E-state index contributed by atoms with van der Waals surface area (Å²) < 4.78 is 0. The van der Waals surface area contributed by atoms with Gasteiger partial charge < -0.3 is 5.32 Å². The van der Waals surface area contributed by atoms with E-state index < -0.39 is 0 Å². The molecule has 2 rings (SSSR count). The van der Waals surface area contributed by atoms with Crippen molar-refractivity contribution in [1.29, 1.82) is 0 Å². The van der Waals surface area contributed by atoms with E-state index in [1.807, 2.05) is 40.7 Å². The number of aromatic nitrogens is 2. The van der Waals surface area contributed by atoms with Crippen molar-refractivity contribution < 1.29 is 4.79 Å². The maximum Gasteiger partial charge on any atom is 0.233 e. The average molecular weight is 398 g/mol. The van der Waals surface area contributed by atoms with Crippen molar-refractivity contribution in [2.75, 3.05) is 0 Å². The largest absolute Gasteiger partial charge is 0.349 e.